The molecule has 1 aliphatic rings. The van der Waals surface area contributed by atoms with Crippen LogP contribution in [0.5, 0.6) is 0 Å². The minimum absolute atomic E-state index is 0.0918. The number of carbonyl (C=O) groups is 1. The van der Waals surface area contributed by atoms with Crippen LogP contribution in [0.2, 0.25) is 0 Å². The second-order valence-corrected chi connectivity index (χ2v) is 7.31. The molecule has 5 heteroatoms. The van der Waals surface area contributed by atoms with E-state index < -0.39 is 0 Å². The second kappa shape index (κ2) is 7.35. The number of aromatic nitrogens is 3. The zero-order valence-corrected chi connectivity index (χ0v) is 15.8. The maximum absolute atomic E-state index is 12.5. The number of amides is 1. The monoisotopic (exact) mass is 360 g/mol. The molecule has 0 spiro atoms. The Hall–Kier alpha value is -2.95. The molecule has 5 nitrogen and oxygen atoms in total. The Labute approximate surface area is 159 Å². The largest absolute Gasteiger partial charge is 0.322 e. The highest BCUT2D eigenvalue weighted by atomic mass is 16.1. The van der Waals surface area contributed by atoms with E-state index in [4.69, 9.17) is 0 Å². The lowest BCUT2D eigenvalue weighted by Gasteiger charge is -2.09. The van der Waals surface area contributed by atoms with Gasteiger partial charge in [-0.15, -0.1) is 10.2 Å². The van der Waals surface area contributed by atoms with Crippen molar-refractivity contribution in [3.05, 3.63) is 65.0 Å². The van der Waals surface area contributed by atoms with Crippen LogP contribution >= 0.6 is 0 Å². The number of fused-ring (bicyclic) bond motifs is 1. The molecule has 4 rings (SSSR count). The van der Waals surface area contributed by atoms with Gasteiger partial charge < -0.3 is 9.88 Å². The fourth-order valence-corrected chi connectivity index (χ4v) is 3.71. The molecule has 1 aliphatic heterocycles. The van der Waals surface area contributed by atoms with Crippen molar-refractivity contribution >= 4 is 11.6 Å². The van der Waals surface area contributed by atoms with Gasteiger partial charge in [0.25, 0.3) is 5.91 Å². The van der Waals surface area contributed by atoms with E-state index in [0.717, 1.165) is 47.0 Å². The summed E-state index contributed by atoms with van der Waals surface area (Å²) in [6.45, 7) is 4.98. The van der Waals surface area contributed by atoms with Crippen LogP contribution in [0.25, 0.3) is 11.4 Å². The third-order valence-corrected chi connectivity index (χ3v) is 4.99. The highest BCUT2D eigenvalue weighted by Gasteiger charge is 2.16. The van der Waals surface area contributed by atoms with Gasteiger partial charge in [0, 0.05) is 29.8 Å². The van der Waals surface area contributed by atoms with E-state index in [9.17, 15) is 4.79 Å². The van der Waals surface area contributed by atoms with Crippen LogP contribution in [0.15, 0.2) is 42.5 Å². The zero-order valence-electron chi connectivity index (χ0n) is 15.8. The molecule has 0 unspecified atom stereocenters. The van der Waals surface area contributed by atoms with Gasteiger partial charge in [-0.25, -0.2) is 0 Å². The first-order chi connectivity index (χ1) is 13.1. The van der Waals surface area contributed by atoms with Gasteiger partial charge in [0.1, 0.15) is 5.82 Å². The molecule has 0 atom stereocenters. The molecule has 27 heavy (non-hydrogen) atoms. The molecule has 1 aromatic heterocycles. The van der Waals surface area contributed by atoms with Crippen LogP contribution in [-0.4, -0.2) is 20.7 Å². The summed E-state index contributed by atoms with van der Waals surface area (Å²) >= 11 is 0. The number of carbonyl (C=O) groups excluding carboxylic acids is 1. The molecule has 3 aromatic rings. The minimum Gasteiger partial charge on any atom is -0.322 e. The number of nitrogens with one attached hydrogen (secondary N) is 1. The Morgan fingerprint density at radius 1 is 0.963 bits per heavy atom. The average Bonchev–Trinajstić information content (AvgIpc) is 2.90. The van der Waals surface area contributed by atoms with Gasteiger partial charge in [0.2, 0.25) is 0 Å². The van der Waals surface area contributed by atoms with Gasteiger partial charge in [0.05, 0.1) is 0 Å². The molecule has 0 saturated carbocycles. The van der Waals surface area contributed by atoms with Gasteiger partial charge in [-0.1, -0.05) is 23.6 Å². The predicted octanol–water partition coefficient (Wildman–Crippen LogP) is 4.54. The molecule has 0 radical (unpaired) electrons. The SMILES string of the molecule is Cc1cc(C)cc(C(=O)Nc2ccc(-c3nnc4n3CCCCC4)cc2)c1. The summed E-state index contributed by atoms with van der Waals surface area (Å²) in [4.78, 5) is 12.5. The number of hydrogen-bond acceptors (Lipinski definition) is 3. The van der Waals surface area contributed by atoms with E-state index >= 15 is 0 Å². The molecule has 1 amide bonds. The minimum atomic E-state index is -0.0918. The lowest BCUT2D eigenvalue weighted by atomic mass is 10.1. The van der Waals surface area contributed by atoms with E-state index in [1.54, 1.807) is 0 Å². The Balaban J connectivity index is 1.53. The quantitative estimate of drug-likeness (QED) is 0.746. The van der Waals surface area contributed by atoms with E-state index in [1.807, 2.05) is 50.2 Å². The zero-order chi connectivity index (χ0) is 18.8. The number of hydrogen-bond donors (Lipinski definition) is 1. The molecule has 0 bridgehead atoms. The molecule has 2 aromatic carbocycles. The smallest absolute Gasteiger partial charge is 0.255 e. The normalized spacial score (nSPS) is 13.7. The Bertz CT molecular complexity index is 952. The van der Waals surface area contributed by atoms with Gasteiger partial charge in [-0.05, 0) is 63.1 Å². The lowest BCUT2D eigenvalue weighted by molar-refractivity contribution is 0.102. The molecule has 2 heterocycles. The van der Waals surface area contributed by atoms with Crippen LogP contribution in [0.1, 0.15) is 46.6 Å². The second-order valence-electron chi connectivity index (χ2n) is 7.31. The fraction of sp³-hybridized carbons (Fsp3) is 0.318. The number of aryl methyl sites for hydroxylation is 3. The van der Waals surface area contributed by atoms with Crippen molar-refractivity contribution in [1.29, 1.82) is 0 Å². The summed E-state index contributed by atoms with van der Waals surface area (Å²) in [5.74, 6) is 1.90. The van der Waals surface area contributed by atoms with E-state index in [2.05, 4.69) is 26.1 Å². The number of rotatable bonds is 3. The van der Waals surface area contributed by atoms with E-state index in [0.29, 0.717) is 5.56 Å². The Morgan fingerprint density at radius 2 is 1.70 bits per heavy atom. The summed E-state index contributed by atoms with van der Waals surface area (Å²) in [6, 6.07) is 13.7. The summed E-state index contributed by atoms with van der Waals surface area (Å²) in [7, 11) is 0. The van der Waals surface area contributed by atoms with Crippen molar-refractivity contribution < 1.29 is 4.79 Å². The third kappa shape index (κ3) is 3.77. The van der Waals surface area contributed by atoms with Crippen molar-refractivity contribution in [1.82, 2.24) is 14.8 Å². The fourth-order valence-electron chi connectivity index (χ4n) is 3.71. The number of nitrogens with zero attached hydrogens (tertiary/aromatic N) is 3. The van der Waals surface area contributed by atoms with Crippen LogP contribution in [0, 0.1) is 13.8 Å². The van der Waals surface area contributed by atoms with Crippen molar-refractivity contribution in [2.75, 3.05) is 5.32 Å². The molecule has 138 valence electrons. The van der Waals surface area contributed by atoms with Crippen LogP contribution in [0.3, 0.4) is 0 Å². The van der Waals surface area contributed by atoms with Gasteiger partial charge in [0.15, 0.2) is 5.82 Å². The average molecular weight is 360 g/mol. The molecule has 0 saturated heterocycles. The predicted molar refractivity (Wildman–Crippen MR) is 107 cm³/mol. The topological polar surface area (TPSA) is 59.8 Å². The Morgan fingerprint density at radius 3 is 2.44 bits per heavy atom. The summed E-state index contributed by atoms with van der Waals surface area (Å²) in [5, 5.41) is 11.7. The molecular weight excluding hydrogens is 336 g/mol. The summed E-state index contributed by atoms with van der Waals surface area (Å²) < 4.78 is 2.23. The molecule has 0 fully saturated rings. The van der Waals surface area contributed by atoms with Crippen molar-refractivity contribution in [3.8, 4) is 11.4 Å². The molecular formula is C22H24N4O. The first-order valence-electron chi connectivity index (χ1n) is 9.52. The third-order valence-electron chi connectivity index (χ3n) is 4.99. The lowest BCUT2D eigenvalue weighted by Crippen LogP contribution is -2.12. The van der Waals surface area contributed by atoms with E-state index in [1.165, 1.54) is 19.3 Å². The van der Waals surface area contributed by atoms with Crippen LogP contribution in [0.4, 0.5) is 5.69 Å². The first-order valence-corrected chi connectivity index (χ1v) is 9.52. The maximum atomic E-state index is 12.5. The van der Waals surface area contributed by atoms with Crippen LogP contribution in [-0.2, 0) is 13.0 Å². The highest BCUT2D eigenvalue weighted by Crippen LogP contribution is 2.24. The molecule has 0 aliphatic carbocycles. The number of anilines is 1. The van der Waals surface area contributed by atoms with Gasteiger partial charge in [-0.2, -0.15) is 0 Å². The van der Waals surface area contributed by atoms with Crippen molar-refractivity contribution in [2.24, 2.45) is 0 Å². The van der Waals surface area contributed by atoms with E-state index in [-0.39, 0.29) is 5.91 Å². The van der Waals surface area contributed by atoms with Crippen LogP contribution < -0.4 is 5.32 Å². The van der Waals surface area contributed by atoms with Crippen molar-refractivity contribution in [3.63, 3.8) is 0 Å². The highest BCUT2D eigenvalue weighted by molar-refractivity contribution is 6.04. The maximum Gasteiger partial charge on any atom is 0.255 e. The summed E-state index contributed by atoms with van der Waals surface area (Å²) in [5.41, 5.74) is 4.66. The summed E-state index contributed by atoms with van der Waals surface area (Å²) in [6.07, 6.45) is 4.59. The van der Waals surface area contributed by atoms with Gasteiger partial charge in [-0.3, -0.25) is 4.79 Å². The number of benzene rings is 2. The first kappa shape index (κ1) is 17.5. The Kier molecular flexibility index (Phi) is 4.75. The van der Waals surface area contributed by atoms with Gasteiger partial charge >= 0.3 is 0 Å². The molecule has 1 N–H and O–H groups in total. The van der Waals surface area contributed by atoms with Crippen molar-refractivity contribution in [2.45, 2.75) is 46.1 Å². The standard InChI is InChI=1S/C22H24N4O/c1-15-12-16(2)14-18(13-15)22(27)23-19-9-7-17(8-10-19)21-25-24-20-6-4-3-5-11-26(20)21/h7-10,12-14H,3-6,11H2,1-2H3,(H,23,27).